The number of hydrogen-bond donors (Lipinski definition) is 3. The molecule has 0 saturated heterocycles. The first kappa shape index (κ1) is 14.9. The molecule has 0 aromatic carbocycles. The van der Waals surface area contributed by atoms with Crippen molar-refractivity contribution in [2.75, 3.05) is 6.54 Å². The van der Waals surface area contributed by atoms with Crippen molar-refractivity contribution in [3.63, 3.8) is 0 Å². The molecule has 0 aliphatic rings. The summed E-state index contributed by atoms with van der Waals surface area (Å²) in [5.74, 6) is -0.685. The number of hydrogen-bond acceptors (Lipinski definition) is 3. The summed E-state index contributed by atoms with van der Waals surface area (Å²) in [6.45, 7) is 7.94. The lowest BCUT2D eigenvalue weighted by molar-refractivity contribution is -0.127. The molecule has 0 aromatic heterocycles. The third kappa shape index (κ3) is 5.70. The fourth-order valence-electron chi connectivity index (χ4n) is 1.20. The van der Waals surface area contributed by atoms with Crippen molar-refractivity contribution < 1.29 is 9.59 Å². The van der Waals surface area contributed by atoms with Gasteiger partial charge in [-0.15, -0.1) is 0 Å². The summed E-state index contributed by atoms with van der Waals surface area (Å²) in [5, 5.41) is 5.67. The van der Waals surface area contributed by atoms with Crippen molar-refractivity contribution in [1.29, 1.82) is 0 Å². The molecule has 0 bridgehead atoms. The van der Waals surface area contributed by atoms with E-state index in [-0.39, 0.29) is 24.4 Å². The molecule has 16 heavy (non-hydrogen) atoms. The minimum Gasteiger partial charge on any atom is -0.368 e. The lowest BCUT2D eigenvalue weighted by Crippen LogP contribution is -2.50. The van der Waals surface area contributed by atoms with Gasteiger partial charge in [-0.1, -0.05) is 20.8 Å². The van der Waals surface area contributed by atoms with Crippen molar-refractivity contribution in [1.82, 2.24) is 10.6 Å². The van der Waals surface area contributed by atoms with Gasteiger partial charge >= 0.3 is 0 Å². The van der Waals surface area contributed by atoms with Crippen LogP contribution in [0.3, 0.4) is 0 Å². The summed E-state index contributed by atoms with van der Waals surface area (Å²) in [5.41, 5.74) is 5.19. The second-order valence-electron chi connectivity index (χ2n) is 4.38. The molecule has 0 aliphatic heterocycles. The summed E-state index contributed by atoms with van der Waals surface area (Å²) < 4.78 is 0. The number of nitrogens with two attached hydrogens (primary N) is 1. The zero-order chi connectivity index (χ0) is 12.7. The fourth-order valence-corrected chi connectivity index (χ4v) is 1.20. The largest absolute Gasteiger partial charge is 0.368 e. The van der Waals surface area contributed by atoms with Crippen molar-refractivity contribution in [2.45, 2.75) is 46.2 Å². The highest BCUT2D eigenvalue weighted by molar-refractivity contribution is 5.87. The normalized spacial score (nSPS) is 14.6. The molecule has 0 spiro atoms. The third-order valence-electron chi connectivity index (χ3n) is 2.51. The Kier molecular flexibility index (Phi) is 6.72. The zero-order valence-corrected chi connectivity index (χ0v) is 10.5. The number of nitrogens with one attached hydrogen (secondary N) is 2. The number of carbonyl (C=O) groups is 2. The average Bonchev–Trinajstić information content (AvgIpc) is 2.21. The van der Waals surface area contributed by atoms with Crippen LogP contribution in [0.1, 0.15) is 34.1 Å². The lowest BCUT2D eigenvalue weighted by Gasteiger charge is -2.19. The van der Waals surface area contributed by atoms with Gasteiger partial charge in [0.25, 0.3) is 0 Å². The number of primary amides is 1. The van der Waals surface area contributed by atoms with Crippen LogP contribution in [0.5, 0.6) is 0 Å². The monoisotopic (exact) mass is 229 g/mol. The maximum atomic E-state index is 11.5. The molecule has 0 fully saturated rings. The summed E-state index contributed by atoms with van der Waals surface area (Å²) in [4.78, 5) is 22.6. The second kappa shape index (κ2) is 7.22. The number of carbonyl (C=O) groups excluding carboxylic acids is 2. The minimum absolute atomic E-state index is 0.00467. The van der Waals surface area contributed by atoms with E-state index in [1.54, 1.807) is 0 Å². The van der Waals surface area contributed by atoms with Crippen LogP contribution in [0.4, 0.5) is 0 Å². The Morgan fingerprint density at radius 2 is 1.81 bits per heavy atom. The molecule has 5 heteroatoms. The van der Waals surface area contributed by atoms with Crippen molar-refractivity contribution in [3.8, 4) is 0 Å². The molecule has 2 amide bonds. The maximum absolute atomic E-state index is 11.5. The van der Waals surface area contributed by atoms with Gasteiger partial charge in [0.05, 0.1) is 6.54 Å². The molecule has 0 rings (SSSR count). The molecular weight excluding hydrogens is 206 g/mol. The van der Waals surface area contributed by atoms with Crippen LogP contribution < -0.4 is 16.4 Å². The van der Waals surface area contributed by atoms with Crippen LogP contribution in [0.15, 0.2) is 0 Å². The van der Waals surface area contributed by atoms with E-state index in [1.165, 1.54) is 0 Å². The Bertz CT molecular complexity index is 241. The first-order valence-corrected chi connectivity index (χ1v) is 5.70. The average molecular weight is 229 g/mol. The fraction of sp³-hybridized carbons (Fsp3) is 0.818. The van der Waals surface area contributed by atoms with Gasteiger partial charge in [-0.3, -0.25) is 9.59 Å². The Balaban J connectivity index is 4.06. The second-order valence-corrected chi connectivity index (χ2v) is 4.38. The quantitative estimate of drug-likeness (QED) is 0.574. The van der Waals surface area contributed by atoms with Crippen LogP contribution in [-0.4, -0.2) is 30.4 Å². The van der Waals surface area contributed by atoms with Gasteiger partial charge in [-0.25, -0.2) is 0 Å². The molecule has 0 aliphatic carbocycles. The highest BCUT2D eigenvalue weighted by Gasteiger charge is 2.21. The van der Waals surface area contributed by atoms with Gasteiger partial charge in [0.15, 0.2) is 0 Å². The Hall–Kier alpha value is -1.10. The Labute approximate surface area is 97.2 Å². The first-order chi connectivity index (χ1) is 7.38. The van der Waals surface area contributed by atoms with Crippen LogP contribution in [0, 0.1) is 5.92 Å². The lowest BCUT2D eigenvalue weighted by atomic mass is 10.0. The number of amides is 2. The third-order valence-corrected chi connectivity index (χ3v) is 2.51. The van der Waals surface area contributed by atoms with Crippen molar-refractivity contribution in [2.24, 2.45) is 11.7 Å². The van der Waals surface area contributed by atoms with E-state index >= 15 is 0 Å². The molecule has 0 saturated carbocycles. The van der Waals surface area contributed by atoms with E-state index in [2.05, 4.69) is 10.6 Å². The van der Waals surface area contributed by atoms with Crippen molar-refractivity contribution >= 4 is 11.8 Å². The summed E-state index contributed by atoms with van der Waals surface area (Å²) in [6.07, 6.45) is 0.955. The molecule has 4 N–H and O–H groups in total. The molecule has 2 atom stereocenters. The van der Waals surface area contributed by atoms with E-state index in [0.717, 1.165) is 6.42 Å². The van der Waals surface area contributed by atoms with Gasteiger partial charge in [-0.05, 0) is 19.3 Å². The van der Waals surface area contributed by atoms with E-state index in [1.807, 2.05) is 27.7 Å². The molecule has 94 valence electrons. The summed E-state index contributed by atoms with van der Waals surface area (Å²) in [7, 11) is 0. The minimum atomic E-state index is -0.591. The topological polar surface area (TPSA) is 84.2 Å². The predicted molar refractivity (Wildman–Crippen MR) is 63.7 cm³/mol. The first-order valence-electron chi connectivity index (χ1n) is 5.70. The molecule has 5 nitrogen and oxygen atoms in total. The molecule has 0 heterocycles. The molecule has 2 unspecified atom stereocenters. The molecule has 0 aromatic rings. The van der Waals surface area contributed by atoms with E-state index in [4.69, 9.17) is 5.73 Å². The van der Waals surface area contributed by atoms with E-state index in [0.29, 0.717) is 0 Å². The van der Waals surface area contributed by atoms with Gasteiger partial charge in [0.2, 0.25) is 11.8 Å². The van der Waals surface area contributed by atoms with Crippen LogP contribution in [0.2, 0.25) is 0 Å². The van der Waals surface area contributed by atoms with Gasteiger partial charge in [0, 0.05) is 6.04 Å². The standard InChI is InChI=1S/C11H23N3O2/c1-5-8(4)13-6-9(15)14-10(7(2)3)11(12)16/h7-8,10,13H,5-6H2,1-4H3,(H2,12,16)(H,14,15). The molecular formula is C11H23N3O2. The number of rotatable bonds is 7. The molecule has 0 radical (unpaired) electrons. The highest BCUT2D eigenvalue weighted by Crippen LogP contribution is 2.00. The van der Waals surface area contributed by atoms with Crippen LogP contribution in [0.25, 0.3) is 0 Å². The van der Waals surface area contributed by atoms with E-state index < -0.39 is 11.9 Å². The van der Waals surface area contributed by atoms with Crippen molar-refractivity contribution in [3.05, 3.63) is 0 Å². The highest BCUT2D eigenvalue weighted by atomic mass is 16.2. The van der Waals surface area contributed by atoms with Crippen LogP contribution in [-0.2, 0) is 9.59 Å². The smallest absolute Gasteiger partial charge is 0.240 e. The van der Waals surface area contributed by atoms with Gasteiger partial charge in [-0.2, -0.15) is 0 Å². The van der Waals surface area contributed by atoms with Crippen LogP contribution >= 0.6 is 0 Å². The predicted octanol–water partition coefficient (Wildman–Crippen LogP) is 0.000600. The van der Waals surface area contributed by atoms with Gasteiger partial charge < -0.3 is 16.4 Å². The Morgan fingerprint density at radius 3 is 2.19 bits per heavy atom. The Morgan fingerprint density at radius 1 is 1.25 bits per heavy atom. The van der Waals surface area contributed by atoms with Gasteiger partial charge in [0.1, 0.15) is 6.04 Å². The summed E-state index contributed by atoms with van der Waals surface area (Å²) >= 11 is 0. The maximum Gasteiger partial charge on any atom is 0.240 e. The zero-order valence-electron chi connectivity index (χ0n) is 10.5. The summed E-state index contributed by atoms with van der Waals surface area (Å²) in [6, 6.07) is -0.303. The van der Waals surface area contributed by atoms with E-state index in [9.17, 15) is 9.59 Å². The SMILES string of the molecule is CCC(C)NCC(=O)NC(C(N)=O)C(C)C.